The topological polar surface area (TPSA) is 101 Å². The van der Waals surface area contributed by atoms with Crippen LogP contribution in [0.1, 0.15) is 21.7 Å². The molecule has 2 N–H and O–H groups in total. The van der Waals surface area contributed by atoms with Crippen molar-refractivity contribution in [3.63, 3.8) is 0 Å². The molecule has 0 aliphatic heterocycles. The highest BCUT2D eigenvalue weighted by molar-refractivity contribution is 5.88. The fraction of sp³-hybridized carbons (Fsp3) is 0.182. The molecule has 0 aliphatic rings. The summed E-state index contributed by atoms with van der Waals surface area (Å²) >= 11 is 0. The first kappa shape index (κ1) is 11.9. The van der Waals surface area contributed by atoms with Crippen LogP contribution in [-0.4, -0.2) is 31.0 Å². The van der Waals surface area contributed by atoms with Crippen molar-refractivity contribution in [2.75, 3.05) is 5.32 Å². The molecule has 2 aromatic heterocycles. The van der Waals surface area contributed by atoms with Gasteiger partial charge in [-0.3, -0.25) is 0 Å². The van der Waals surface area contributed by atoms with E-state index in [1.165, 1.54) is 12.5 Å². The van der Waals surface area contributed by atoms with Crippen molar-refractivity contribution >= 4 is 11.9 Å². The number of nitrogens with zero attached hydrogens (tertiary/aromatic N) is 4. The highest BCUT2D eigenvalue weighted by Gasteiger charge is 2.09. The number of rotatable bonds is 4. The minimum atomic E-state index is -1.03. The lowest BCUT2D eigenvalue weighted by molar-refractivity contribution is 0.0695. The molecule has 0 unspecified atom stereocenters. The predicted octanol–water partition coefficient (Wildman–Crippen LogP) is 0.885. The van der Waals surface area contributed by atoms with E-state index in [-0.39, 0.29) is 5.56 Å². The van der Waals surface area contributed by atoms with Gasteiger partial charge in [-0.05, 0) is 13.0 Å². The van der Waals surface area contributed by atoms with Crippen molar-refractivity contribution in [3.8, 4) is 0 Å². The van der Waals surface area contributed by atoms with Crippen molar-refractivity contribution in [2.24, 2.45) is 0 Å². The maximum absolute atomic E-state index is 10.8. The number of nitrogens with one attached hydrogen (secondary N) is 1. The Morgan fingerprint density at radius 2 is 2.28 bits per heavy atom. The van der Waals surface area contributed by atoms with Gasteiger partial charge in [0.2, 0.25) is 5.95 Å². The Labute approximate surface area is 103 Å². The van der Waals surface area contributed by atoms with Crippen LogP contribution in [0.2, 0.25) is 0 Å². The minimum absolute atomic E-state index is 0.0996. The van der Waals surface area contributed by atoms with E-state index in [4.69, 9.17) is 5.11 Å². The molecule has 7 heteroatoms. The Kier molecular flexibility index (Phi) is 3.42. The van der Waals surface area contributed by atoms with Gasteiger partial charge in [0.05, 0.1) is 23.5 Å². The molecule has 0 saturated carbocycles. The second-order valence-corrected chi connectivity index (χ2v) is 3.55. The summed E-state index contributed by atoms with van der Waals surface area (Å²) in [4.78, 5) is 26.6. The van der Waals surface area contributed by atoms with Gasteiger partial charge in [-0.2, -0.15) is 0 Å². The molecular formula is C11H11N5O2. The third kappa shape index (κ3) is 2.76. The van der Waals surface area contributed by atoms with Crippen LogP contribution in [-0.2, 0) is 6.54 Å². The standard InChI is InChI=1S/C11H11N5O2/c1-7-9(10(17)18)5-14-11(16-7)13-4-8-2-3-12-6-15-8/h2-3,5-6H,4H2,1H3,(H,17,18)(H,13,14,16). The van der Waals surface area contributed by atoms with Crippen molar-refractivity contribution in [1.29, 1.82) is 0 Å². The fourth-order valence-electron chi connectivity index (χ4n) is 1.35. The van der Waals surface area contributed by atoms with Crippen LogP contribution in [0.5, 0.6) is 0 Å². The van der Waals surface area contributed by atoms with E-state index in [9.17, 15) is 4.79 Å². The number of carboxylic acid groups (broad SMARTS) is 1. The summed E-state index contributed by atoms with van der Waals surface area (Å²) in [5, 5.41) is 11.8. The van der Waals surface area contributed by atoms with E-state index in [2.05, 4.69) is 25.3 Å². The molecule has 2 heterocycles. The molecule has 0 aliphatic carbocycles. The van der Waals surface area contributed by atoms with Gasteiger partial charge in [0.1, 0.15) is 6.33 Å². The first-order chi connectivity index (χ1) is 8.66. The van der Waals surface area contributed by atoms with Gasteiger partial charge in [-0.1, -0.05) is 0 Å². The van der Waals surface area contributed by atoms with Crippen LogP contribution in [0.25, 0.3) is 0 Å². The molecule has 0 saturated heterocycles. The summed E-state index contributed by atoms with van der Waals surface area (Å²) in [5.74, 6) is -0.661. The zero-order valence-electron chi connectivity index (χ0n) is 9.66. The number of carbonyl (C=O) groups is 1. The molecule has 0 radical (unpaired) electrons. The van der Waals surface area contributed by atoms with Gasteiger partial charge in [0.15, 0.2) is 0 Å². The summed E-state index contributed by atoms with van der Waals surface area (Å²) in [6.07, 6.45) is 4.38. The second-order valence-electron chi connectivity index (χ2n) is 3.55. The maximum Gasteiger partial charge on any atom is 0.339 e. The van der Waals surface area contributed by atoms with E-state index >= 15 is 0 Å². The third-order valence-electron chi connectivity index (χ3n) is 2.28. The molecule has 0 atom stereocenters. The van der Waals surface area contributed by atoms with Gasteiger partial charge in [0, 0.05) is 12.4 Å². The average molecular weight is 245 g/mol. The summed E-state index contributed by atoms with van der Waals surface area (Å²) in [5.41, 5.74) is 1.32. The number of hydrogen-bond acceptors (Lipinski definition) is 6. The molecule has 18 heavy (non-hydrogen) atoms. The van der Waals surface area contributed by atoms with E-state index < -0.39 is 5.97 Å². The molecule has 7 nitrogen and oxygen atoms in total. The van der Waals surface area contributed by atoms with E-state index in [1.54, 1.807) is 19.2 Å². The Morgan fingerprint density at radius 1 is 1.44 bits per heavy atom. The molecule has 0 bridgehead atoms. The normalized spacial score (nSPS) is 10.1. The first-order valence-corrected chi connectivity index (χ1v) is 5.22. The van der Waals surface area contributed by atoms with Crippen molar-refractivity contribution in [3.05, 3.63) is 41.7 Å². The molecule has 92 valence electrons. The van der Waals surface area contributed by atoms with Crippen LogP contribution in [0.4, 0.5) is 5.95 Å². The number of hydrogen-bond donors (Lipinski definition) is 2. The van der Waals surface area contributed by atoms with Gasteiger partial charge in [0.25, 0.3) is 0 Å². The van der Waals surface area contributed by atoms with Gasteiger partial charge >= 0.3 is 5.97 Å². The molecule has 0 spiro atoms. The second kappa shape index (κ2) is 5.17. The van der Waals surface area contributed by atoms with E-state index in [0.717, 1.165) is 5.69 Å². The van der Waals surface area contributed by atoms with Gasteiger partial charge < -0.3 is 10.4 Å². The smallest absolute Gasteiger partial charge is 0.339 e. The quantitative estimate of drug-likeness (QED) is 0.824. The van der Waals surface area contributed by atoms with Crippen LogP contribution in [0.3, 0.4) is 0 Å². The molecule has 2 aromatic rings. The Balaban J connectivity index is 2.07. The molecule has 0 aromatic carbocycles. The largest absolute Gasteiger partial charge is 0.478 e. The molecule has 2 rings (SSSR count). The number of aryl methyl sites for hydroxylation is 1. The SMILES string of the molecule is Cc1nc(NCc2ccncn2)ncc1C(=O)O. The highest BCUT2D eigenvalue weighted by Crippen LogP contribution is 2.07. The predicted molar refractivity (Wildman–Crippen MR) is 63.1 cm³/mol. The Hall–Kier alpha value is -2.57. The van der Waals surface area contributed by atoms with Gasteiger partial charge in [-0.25, -0.2) is 24.7 Å². The lowest BCUT2D eigenvalue weighted by Crippen LogP contribution is -2.09. The zero-order valence-corrected chi connectivity index (χ0v) is 9.66. The molecule has 0 amide bonds. The maximum atomic E-state index is 10.8. The number of anilines is 1. The molecular weight excluding hydrogens is 234 g/mol. The third-order valence-corrected chi connectivity index (χ3v) is 2.28. The van der Waals surface area contributed by atoms with Crippen LogP contribution in [0, 0.1) is 6.92 Å². The summed E-state index contributed by atoms with van der Waals surface area (Å²) in [6, 6.07) is 1.77. The highest BCUT2D eigenvalue weighted by atomic mass is 16.4. The summed E-state index contributed by atoms with van der Waals surface area (Å²) in [6.45, 7) is 2.08. The lowest BCUT2D eigenvalue weighted by atomic mass is 10.2. The lowest BCUT2D eigenvalue weighted by Gasteiger charge is -2.05. The Morgan fingerprint density at radius 3 is 2.89 bits per heavy atom. The number of aromatic carboxylic acids is 1. The first-order valence-electron chi connectivity index (χ1n) is 5.22. The monoisotopic (exact) mass is 245 g/mol. The van der Waals surface area contributed by atoms with Crippen molar-refractivity contribution in [1.82, 2.24) is 19.9 Å². The zero-order chi connectivity index (χ0) is 13.0. The summed E-state index contributed by atoms with van der Waals surface area (Å²) < 4.78 is 0. The van der Waals surface area contributed by atoms with Crippen LogP contribution < -0.4 is 5.32 Å². The summed E-state index contributed by atoms with van der Waals surface area (Å²) in [7, 11) is 0. The minimum Gasteiger partial charge on any atom is -0.478 e. The Bertz CT molecular complexity index is 559. The van der Waals surface area contributed by atoms with Crippen LogP contribution >= 0.6 is 0 Å². The van der Waals surface area contributed by atoms with E-state index in [0.29, 0.717) is 18.2 Å². The number of aromatic nitrogens is 4. The van der Waals surface area contributed by atoms with E-state index in [1.807, 2.05) is 0 Å². The van der Waals surface area contributed by atoms with Gasteiger partial charge in [-0.15, -0.1) is 0 Å². The number of carboxylic acids is 1. The molecule has 0 fully saturated rings. The van der Waals surface area contributed by atoms with Crippen molar-refractivity contribution in [2.45, 2.75) is 13.5 Å². The van der Waals surface area contributed by atoms with Crippen molar-refractivity contribution < 1.29 is 9.90 Å². The van der Waals surface area contributed by atoms with Crippen LogP contribution in [0.15, 0.2) is 24.8 Å². The fourth-order valence-corrected chi connectivity index (χ4v) is 1.35. The average Bonchev–Trinajstić information content (AvgIpc) is 2.37.